The van der Waals surface area contributed by atoms with Gasteiger partial charge in [-0.25, -0.2) is 0 Å². The highest BCUT2D eigenvalue weighted by Gasteiger charge is 2.49. The standard InChI is InChI=1S/C15H29NO2S/c1-11(2)10-18-14-9-13(15(14,3)4)16-12-5-7-19(17)8-6-12/h11-14,16H,5-10H2,1-4H3. The van der Waals surface area contributed by atoms with Crippen molar-refractivity contribution in [1.82, 2.24) is 5.32 Å². The maximum atomic E-state index is 11.4. The monoisotopic (exact) mass is 287 g/mol. The minimum atomic E-state index is -0.559. The van der Waals surface area contributed by atoms with Crippen LogP contribution < -0.4 is 5.32 Å². The average Bonchev–Trinajstić information content (AvgIpc) is 2.34. The van der Waals surface area contributed by atoms with Gasteiger partial charge in [0.05, 0.1) is 6.10 Å². The van der Waals surface area contributed by atoms with E-state index in [1.807, 2.05) is 0 Å². The fraction of sp³-hybridized carbons (Fsp3) is 1.00. The molecule has 2 rings (SSSR count). The quantitative estimate of drug-likeness (QED) is 0.843. The van der Waals surface area contributed by atoms with Gasteiger partial charge in [-0.2, -0.15) is 0 Å². The fourth-order valence-electron chi connectivity index (χ4n) is 3.00. The van der Waals surface area contributed by atoms with Crippen LogP contribution in [0.3, 0.4) is 0 Å². The van der Waals surface area contributed by atoms with Crippen LogP contribution in [0.15, 0.2) is 0 Å². The summed E-state index contributed by atoms with van der Waals surface area (Å²) in [6.45, 7) is 9.87. The van der Waals surface area contributed by atoms with E-state index in [1.54, 1.807) is 0 Å². The van der Waals surface area contributed by atoms with E-state index in [0.29, 0.717) is 24.1 Å². The number of hydrogen-bond acceptors (Lipinski definition) is 3. The molecule has 4 heteroatoms. The Balaban J connectivity index is 1.76. The average molecular weight is 287 g/mol. The molecule has 0 amide bonds. The van der Waals surface area contributed by atoms with Crippen molar-refractivity contribution in [3.05, 3.63) is 0 Å². The van der Waals surface area contributed by atoms with Crippen molar-refractivity contribution in [2.24, 2.45) is 11.3 Å². The summed E-state index contributed by atoms with van der Waals surface area (Å²) in [4.78, 5) is 0. The van der Waals surface area contributed by atoms with Crippen molar-refractivity contribution in [3.8, 4) is 0 Å². The fourth-order valence-corrected chi connectivity index (χ4v) is 4.30. The van der Waals surface area contributed by atoms with E-state index >= 15 is 0 Å². The van der Waals surface area contributed by atoms with Crippen molar-refractivity contribution in [2.45, 2.75) is 65.1 Å². The van der Waals surface area contributed by atoms with Crippen molar-refractivity contribution >= 4 is 10.8 Å². The summed E-state index contributed by atoms with van der Waals surface area (Å²) in [5.74, 6) is 2.35. The van der Waals surface area contributed by atoms with E-state index in [1.165, 1.54) is 0 Å². The van der Waals surface area contributed by atoms with Gasteiger partial charge in [0.2, 0.25) is 0 Å². The minimum Gasteiger partial charge on any atom is -0.377 e. The third-order valence-electron chi connectivity index (χ3n) is 4.63. The maximum absolute atomic E-state index is 11.4. The first-order valence-corrected chi connectivity index (χ1v) is 9.11. The van der Waals surface area contributed by atoms with Crippen molar-refractivity contribution in [1.29, 1.82) is 0 Å². The largest absolute Gasteiger partial charge is 0.377 e. The Bertz CT molecular complexity index is 320. The predicted octanol–water partition coefficient (Wildman–Crippen LogP) is 2.33. The molecule has 1 aliphatic heterocycles. The zero-order valence-corrected chi connectivity index (χ0v) is 13.6. The lowest BCUT2D eigenvalue weighted by atomic mass is 9.64. The maximum Gasteiger partial charge on any atom is 0.0656 e. The molecular weight excluding hydrogens is 258 g/mol. The third-order valence-corrected chi connectivity index (χ3v) is 6.02. The molecule has 2 aliphatic rings. The van der Waals surface area contributed by atoms with Crippen LogP contribution in [-0.4, -0.2) is 40.5 Å². The number of ether oxygens (including phenoxy) is 1. The summed E-state index contributed by atoms with van der Waals surface area (Å²) in [6, 6.07) is 1.12. The Morgan fingerprint density at radius 3 is 2.47 bits per heavy atom. The Hall–Kier alpha value is 0.0700. The van der Waals surface area contributed by atoms with Gasteiger partial charge >= 0.3 is 0 Å². The van der Waals surface area contributed by atoms with E-state index in [-0.39, 0.29) is 5.41 Å². The van der Waals surface area contributed by atoms with E-state index in [0.717, 1.165) is 37.4 Å². The molecule has 2 fully saturated rings. The molecule has 1 N–H and O–H groups in total. The summed E-state index contributed by atoms with van der Waals surface area (Å²) in [6.07, 6.45) is 3.65. The zero-order chi connectivity index (χ0) is 14.0. The first-order chi connectivity index (χ1) is 8.89. The van der Waals surface area contributed by atoms with Gasteiger partial charge in [-0.1, -0.05) is 27.7 Å². The second kappa shape index (κ2) is 6.23. The Morgan fingerprint density at radius 1 is 1.32 bits per heavy atom. The van der Waals surface area contributed by atoms with Gasteiger partial charge in [-0.15, -0.1) is 0 Å². The number of rotatable bonds is 5. The van der Waals surface area contributed by atoms with Crippen LogP contribution in [0.4, 0.5) is 0 Å². The van der Waals surface area contributed by atoms with Crippen LogP contribution in [0, 0.1) is 11.3 Å². The Labute approximate surface area is 120 Å². The van der Waals surface area contributed by atoms with Crippen molar-refractivity contribution < 1.29 is 8.95 Å². The first kappa shape index (κ1) is 15.5. The van der Waals surface area contributed by atoms with Gasteiger partial charge in [-0.3, -0.25) is 4.21 Å². The van der Waals surface area contributed by atoms with Crippen LogP contribution in [-0.2, 0) is 15.5 Å². The third kappa shape index (κ3) is 3.79. The lowest BCUT2D eigenvalue weighted by Crippen LogP contribution is -2.63. The summed E-state index contributed by atoms with van der Waals surface area (Å²) < 4.78 is 17.4. The van der Waals surface area contributed by atoms with E-state index < -0.39 is 10.8 Å². The molecule has 1 saturated carbocycles. The molecule has 0 aromatic carbocycles. The van der Waals surface area contributed by atoms with Crippen LogP contribution >= 0.6 is 0 Å². The molecule has 0 bridgehead atoms. The molecule has 0 aromatic heterocycles. The molecule has 1 aliphatic carbocycles. The Kier molecular flexibility index (Phi) is 5.07. The highest BCUT2D eigenvalue weighted by Crippen LogP contribution is 2.43. The van der Waals surface area contributed by atoms with Gasteiger partial charge in [0.1, 0.15) is 0 Å². The lowest BCUT2D eigenvalue weighted by Gasteiger charge is -2.53. The topological polar surface area (TPSA) is 38.3 Å². The molecule has 2 atom stereocenters. The molecule has 1 heterocycles. The van der Waals surface area contributed by atoms with Crippen LogP contribution in [0.1, 0.15) is 47.0 Å². The van der Waals surface area contributed by atoms with Crippen LogP contribution in [0.25, 0.3) is 0 Å². The molecular formula is C15H29NO2S. The van der Waals surface area contributed by atoms with Gasteiger partial charge in [-0.05, 0) is 25.2 Å². The zero-order valence-electron chi connectivity index (χ0n) is 12.8. The van der Waals surface area contributed by atoms with E-state index in [2.05, 4.69) is 33.0 Å². The molecule has 0 radical (unpaired) electrons. The molecule has 1 saturated heterocycles. The van der Waals surface area contributed by atoms with Crippen molar-refractivity contribution in [3.63, 3.8) is 0 Å². The molecule has 2 unspecified atom stereocenters. The second-order valence-electron chi connectivity index (χ2n) is 7.11. The summed E-state index contributed by atoms with van der Waals surface area (Å²) >= 11 is 0. The lowest BCUT2D eigenvalue weighted by molar-refractivity contribution is -0.126. The normalized spacial score (nSPS) is 38.2. The molecule has 0 aromatic rings. The predicted molar refractivity (Wildman–Crippen MR) is 80.8 cm³/mol. The number of nitrogens with one attached hydrogen (secondary N) is 1. The molecule has 0 spiro atoms. The first-order valence-electron chi connectivity index (χ1n) is 7.62. The van der Waals surface area contributed by atoms with Gasteiger partial charge in [0.25, 0.3) is 0 Å². The summed E-state index contributed by atoms with van der Waals surface area (Å²) in [5.41, 5.74) is 0.228. The van der Waals surface area contributed by atoms with Crippen LogP contribution in [0.2, 0.25) is 0 Å². The van der Waals surface area contributed by atoms with Crippen LogP contribution in [0.5, 0.6) is 0 Å². The minimum absolute atomic E-state index is 0.228. The highest BCUT2D eigenvalue weighted by molar-refractivity contribution is 7.85. The smallest absolute Gasteiger partial charge is 0.0656 e. The number of hydrogen-bond donors (Lipinski definition) is 1. The highest BCUT2D eigenvalue weighted by atomic mass is 32.2. The van der Waals surface area contributed by atoms with E-state index in [4.69, 9.17) is 4.74 Å². The molecule has 112 valence electrons. The van der Waals surface area contributed by atoms with Gasteiger partial charge in [0, 0.05) is 46.4 Å². The summed E-state index contributed by atoms with van der Waals surface area (Å²) in [7, 11) is -0.559. The second-order valence-corrected chi connectivity index (χ2v) is 8.81. The van der Waals surface area contributed by atoms with Gasteiger partial charge < -0.3 is 10.1 Å². The molecule has 3 nitrogen and oxygen atoms in total. The summed E-state index contributed by atoms with van der Waals surface area (Å²) in [5, 5.41) is 3.77. The Morgan fingerprint density at radius 2 is 1.95 bits per heavy atom. The SMILES string of the molecule is CC(C)COC1CC(NC2CCS(=O)CC2)C1(C)C. The van der Waals surface area contributed by atoms with Gasteiger partial charge in [0.15, 0.2) is 0 Å². The molecule has 19 heavy (non-hydrogen) atoms. The van der Waals surface area contributed by atoms with E-state index in [9.17, 15) is 4.21 Å². The van der Waals surface area contributed by atoms with Crippen molar-refractivity contribution in [2.75, 3.05) is 18.1 Å².